The summed E-state index contributed by atoms with van der Waals surface area (Å²) in [5, 5.41) is 13.4. The van der Waals surface area contributed by atoms with Gasteiger partial charge >= 0.3 is 0 Å². The molecule has 1 saturated heterocycles. The zero-order chi connectivity index (χ0) is 6.69. The second-order valence-corrected chi connectivity index (χ2v) is 2.54. The fourth-order valence-corrected chi connectivity index (χ4v) is 1.15. The van der Waals surface area contributed by atoms with Crippen molar-refractivity contribution in [3.8, 4) is 0 Å². The molecule has 3 heteroatoms. The molecule has 1 aliphatic heterocycles. The number of hydrogen-bond acceptors (Lipinski definition) is 3. The van der Waals surface area contributed by atoms with Gasteiger partial charge in [0, 0.05) is 7.05 Å². The monoisotopic (exact) mass is 130 g/mol. The fourth-order valence-electron chi connectivity index (χ4n) is 1.15. The number of nitrogens with one attached hydrogen (secondary N) is 1. The Kier molecular flexibility index (Phi) is 2.45. The van der Waals surface area contributed by atoms with Crippen molar-refractivity contribution >= 4 is 0 Å². The first-order chi connectivity index (χ1) is 4.30. The molecule has 0 radical (unpaired) electrons. The maximum atomic E-state index is 8.95. The van der Waals surface area contributed by atoms with Gasteiger partial charge in [-0.3, -0.25) is 5.32 Å². The van der Waals surface area contributed by atoms with E-state index in [-0.39, 0.29) is 6.17 Å². The first kappa shape index (κ1) is 6.99. The fraction of sp³-hybridized carbons (Fsp3) is 1.00. The topological polar surface area (TPSA) is 35.5 Å². The molecule has 1 atom stereocenters. The van der Waals surface area contributed by atoms with Crippen LogP contribution in [0.2, 0.25) is 0 Å². The van der Waals surface area contributed by atoms with E-state index in [9.17, 15) is 0 Å². The Morgan fingerprint density at radius 3 is 2.67 bits per heavy atom. The third-order valence-corrected chi connectivity index (χ3v) is 1.74. The number of rotatable bonds is 1. The Hall–Kier alpha value is -0.120. The normalized spacial score (nSPS) is 29.0. The Morgan fingerprint density at radius 2 is 2.33 bits per heavy atom. The van der Waals surface area contributed by atoms with E-state index in [1.807, 2.05) is 0 Å². The highest BCUT2D eigenvalue weighted by atomic mass is 16.5. The van der Waals surface area contributed by atoms with Crippen LogP contribution in [0.15, 0.2) is 0 Å². The average molecular weight is 130 g/mol. The standard InChI is InChI=1S/C6H14N2O/c1-8(9)6-4-2-3-5-7-6/h6-7,9H,2-5H2,1H3. The van der Waals surface area contributed by atoms with Crippen LogP contribution in [-0.2, 0) is 0 Å². The smallest absolute Gasteiger partial charge is 0.0837 e. The maximum Gasteiger partial charge on any atom is 0.0837 e. The molecule has 0 aromatic carbocycles. The second kappa shape index (κ2) is 3.15. The van der Waals surface area contributed by atoms with Crippen molar-refractivity contribution in [3.63, 3.8) is 0 Å². The Bertz CT molecular complexity index is 79.1. The Morgan fingerprint density at radius 1 is 1.56 bits per heavy atom. The van der Waals surface area contributed by atoms with Gasteiger partial charge in [-0.25, -0.2) is 0 Å². The molecule has 54 valence electrons. The van der Waals surface area contributed by atoms with E-state index in [0.29, 0.717) is 0 Å². The van der Waals surface area contributed by atoms with Crippen LogP contribution in [0, 0.1) is 0 Å². The third-order valence-electron chi connectivity index (χ3n) is 1.74. The van der Waals surface area contributed by atoms with Crippen LogP contribution in [0.4, 0.5) is 0 Å². The molecule has 0 aliphatic carbocycles. The highest BCUT2D eigenvalue weighted by Crippen LogP contribution is 2.07. The molecule has 0 aromatic heterocycles. The first-order valence-electron chi connectivity index (χ1n) is 3.46. The van der Waals surface area contributed by atoms with Gasteiger partial charge in [0.2, 0.25) is 0 Å². The zero-order valence-corrected chi connectivity index (χ0v) is 5.80. The molecule has 1 fully saturated rings. The first-order valence-corrected chi connectivity index (χ1v) is 3.46. The van der Waals surface area contributed by atoms with E-state index in [1.165, 1.54) is 17.9 Å². The summed E-state index contributed by atoms with van der Waals surface area (Å²) in [7, 11) is 1.68. The number of hydrogen-bond donors (Lipinski definition) is 2. The highest BCUT2D eigenvalue weighted by molar-refractivity contribution is 4.66. The van der Waals surface area contributed by atoms with Gasteiger partial charge in [0.25, 0.3) is 0 Å². The van der Waals surface area contributed by atoms with Crippen molar-refractivity contribution in [2.45, 2.75) is 25.4 Å². The molecular formula is C6H14N2O. The van der Waals surface area contributed by atoms with Crippen LogP contribution in [0.1, 0.15) is 19.3 Å². The molecule has 9 heavy (non-hydrogen) atoms. The van der Waals surface area contributed by atoms with Gasteiger partial charge in [0.05, 0.1) is 6.17 Å². The molecule has 0 aromatic rings. The molecule has 0 saturated carbocycles. The van der Waals surface area contributed by atoms with Crippen LogP contribution in [-0.4, -0.2) is 30.0 Å². The van der Waals surface area contributed by atoms with Gasteiger partial charge < -0.3 is 5.21 Å². The predicted octanol–water partition coefficient (Wildman–Crippen LogP) is 0.407. The summed E-state index contributed by atoms with van der Waals surface area (Å²) in [6.45, 7) is 1.04. The van der Waals surface area contributed by atoms with E-state index in [0.717, 1.165) is 13.0 Å². The molecule has 2 N–H and O–H groups in total. The molecule has 0 amide bonds. The number of nitrogens with zero attached hydrogens (tertiary/aromatic N) is 1. The lowest BCUT2D eigenvalue weighted by atomic mass is 10.1. The summed E-state index contributed by atoms with van der Waals surface area (Å²) in [4.78, 5) is 0. The lowest BCUT2D eigenvalue weighted by Gasteiger charge is -2.27. The van der Waals surface area contributed by atoms with Crippen molar-refractivity contribution in [1.29, 1.82) is 0 Å². The van der Waals surface area contributed by atoms with Crippen molar-refractivity contribution < 1.29 is 5.21 Å². The molecule has 1 rings (SSSR count). The van der Waals surface area contributed by atoms with Gasteiger partial charge in [-0.1, -0.05) is 0 Å². The Labute approximate surface area is 55.6 Å². The Balaban J connectivity index is 2.23. The van der Waals surface area contributed by atoms with E-state index < -0.39 is 0 Å². The molecule has 3 nitrogen and oxygen atoms in total. The summed E-state index contributed by atoms with van der Waals surface area (Å²) >= 11 is 0. The van der Waals surface area contributed by atoms with Crippen molar-refractivity contribution in [3.05, 3.63) is 0 Å². The molecule has 1 aliphatic rings. The minimum Gasteiger partial charge on any atom is -0.313 e. The van der Waals surface area contributed by atoms with Gasteiger partial charge in [0.1, 0.15) is 0 Å². The zero-order valence-electron chi connectivity index (χ0n) is 5.80. The van der Waals surface area contributed by atoms with Crippen molar-refractivity contribution in [1.82, 2.24) is 10.4 Å². The average Bonchev–Trinajstić information content (AvgIpc) is 1.90. The van der Waals surface area contributed by atoms with Gasteiger partial charge in [-0.05, 0) is 25.8 Å². The molecule has 1 heterocycles. The molecular weight excluding hydrogens is 116 g/mol. The van der Waals surface area contributed by atoms with E-state index in [1.54, 1.807) is 7.05 Å². The van der Waals surface area contributed by atoms with E-state index in [2.05, 4.69) is 5.32 Å². The number of piperidine rings is 1. The number of hydroxylamine groups is 2. The summed E-state index contributed by atoms with van der Waals surface area (Å²) in [5.74, 6) is 0. The summed E-state index contributed by atoms with van der Waals surface area (Å²) in [6.07, 6.45) is 3.72. The van der Waals surface area contributed by atoms with Crippen LogP contribution in [0.3, 0.4) is 0 Å². The minimum absolute atomic E-state index is 0.193. The SMILES string of the molecule is CN(O)C1CCCCN1. The van der Waals surface area contributed by atoms with Crippen molar-refractivity contribution in [2.75, 3.05) is 13.6 Å². The van der Waals surface area contributed by atoms with Crippen LogP contribution < -0.4 is 5.32 Å². The third kappa shape index (κ3) is 1.93. The molecule has 0 spiro atoms. The quantitative estimate of drug-likeness (QED) is 0.504. The lowest BCUT2D eigenvalue weighted by Crippen LogP contribution is -2.44. The summed E-state index contributed by atoms with van der Waals surface area (Å²) in [5.41, 5.74) is 0. The van der Waals surface area contributed by atoms with Crippen LogP contribution in [0.5, 0.6) is 0 Å². The summed E-state index contributed by atoms with van der Waals surface area (Å²) < 4.78 is 0. The maximum absolute atomic E-state index is 8.95. The van der Waals surface area contributed by atoms with Crippen LogP contribution in [0.25, 0.3) is 0 Å². The largest absolute Gasteiger partial charge is 0.313 e. The van der Waals surface area contributed by atoms with E-state index in [4.69, 9.17) is 5.21 Å². The van der Waals surface area contributed by atoms with Gasteiger partial charge in [-0.2, -0.15) is 5.06 Å². The van der Waals surface area contributed by atoms with Gasteiger partial charge in [0.15, 0.2) is 0 Å². The van der Waals surface area contributed by atoms with Crippen molar-refractivity contribution in [2.24, 2.45) is 0 Å². The summed E-state index contributed by atoms with van der Waals surface area (Å²) in [6, 6.07) is 0. The molecule has 1 unspecified atom stereocenters. The van der Waals surface area contributed by atoms with E-state index >= 15 is 0 Å². The lowest BCUT2D eigenvalue weighted by molar-refractivity contribution is -0.118. The van der Waals surface area contributed by atoms with Crippen LogP contribution >= 0.6 is 0 Å². The predicted molar refractivity (Wildman–Crippen MR) is 35.2 cm³/mol. The second-order valence-electron chi connectivity index (χ2n) is 2.54. The molecule has 0 bridgehead atoms. The minimum atomic E-state index is 0.193. The van der Waals surface area contributed by atoms with Gasteiger partial charge in [-0.15, -0.1) is 0 Å². The highest BCUT2D eigenvalue weighted by Gasteiger charge is 2.14.